The summed E-state index contributed by atoms with van der Waals surface area (Å²) in [5.74, 6) is 0. The number of rotatable bonds is 4. The SMILES string of the molecule is Cc1nnc(OCc2ccc(C3(C#N)CC3)cn2)s1. The normalized spacial score (nSPS) is 15.8. The van der Waals surface area contributed by atoms with Crippen molar-refractivity contribution in [2.75, 3.05) is 0 Å². The number of aryl methyl sites for hydroxylation is 1. The van der Waals surface area contributed by atoms with E-state index in [1.54, 1.807) is 6.20 Å². The van der Waals surface area contributed by atoms with E-state index in [1.165, 1.54) is 11.3 Å². The quantitative estimate of drug-likeness (QED) is 0.854. The molecule has 0 atom stereocenters. The molecular weight excluding hydrogens is 260 g/mol. The number of hydrogen-bond donors (Lipinski definition) is 0. The zero-order valence-corrected chi connectivity index (χ0v) is 11.3. The van der Waals surface area contributed by atoms with Crippen molar-refractivity contribution >= 4 is 11.3 Å². The van der Waals surface area contributed by atoms with Gasteiger partial charge >= 0.3 is 0 Å². The van der Waals surface area contributed by atoms with E-state index in [2.05, 4.69) is 21.3 Å². The highest BCUT2D eigenvalue weighted by atomic mass is 32.1. The minimum absolute atomic E-state index is 0.275. The average Bonchev–Trinajstić information content (AvgIpc) is 3.14. The number of hydrogen-bond acceptors (Lipinski definition) is 6. The van der Waals surface area contributed by atoms with E-state index < -0.39 is 0 Å². The predicted octanol–water partition coefficient (Wildman–Crippen LogP) is 2.38. The van der Waals surface area contributed by atoms with E-state index >= 15 is 0 Å². The van der Waals surface area contributed by atoms with Crippen LogP contribution in [0.5, 0.6) is 5.19 Å². The Bertz CT molecular complexity index is 625. The molecule has 19 heavy (non-hydrogen) atoms. The van der Waals surface area contributed by atoms with Crippen LogP contribution in [0.15, 0.2) is 18.3 Å². The Hall–Kier alpha value is -2.00. The Morgan fingerprint density at radius 2 is 2.26 bits per heavy atom. The van der Waals surface area contributed by atoms with Crippen molar-refractivity contribution in [3.05, 3.63) is 34.6 Å². The molecule has 1 aliphatic rings. The van der Waals surface area contributed by atoms with E-state index in [4.69, 9.17) is 10.00 Å². The lowest BCUT2D eigenvalue weighted by atomic mass is 10.00. The Morgan fingerprint density at radius 1 is 1.42 bits per heavy atom. The highest BCUT2D eigenvalue weighted by Gasteiger charge is 2.45. The molecule has 96 valence electrons. The molecule has 5 nitrogen and oxygen atoms in total. The predicted molar refractivity (Wildman–Crippen MR) is 69.7 cm³/mol. The third-order valence-corrected chi connectivity index (χ3v) is 3.94. The monoisotopic (exact) mass is 272 g/mol. The summed E-state index contributed by atoms with van der Waals surface area (Å²) in [4.78, 5) is 4.34. The van der Waals surface area contributed by atoms with E-state index in [0.29, 0.717) is 11.8 Å². The second-order valence-corrected chi connectivity index (χ2v) is 5.75. The van der Waals surface area contributed by atoms with E-state index in [1.807, 2.05) is 19.1 Å². The number of nitriles is 1. The van der Waals surface area contributed by atoms with Gasteiger partial charge in [-0.3, -0.25) is 4.98 Å². The Balaban J connectivity index is 1.65. The van der Waals surface area contributed by atoms with Crippen molar-refractivity contribution in [3.63, 3.8) is 0 Å². The third-order valence-electron chi connectivity index (χ3n) is 3.19. The van der Waals surface area contributed by atoms with Gasteiger partial charge in [0.2, 0.25) is 0 Å². The van der Waals surface area contributed by atoms with Crippen LogP contribution in [-0.2, 0) is 12.0 Å². The lowest BCUT2D eigenvalue weighted by molar-refractivity contribution is 0.297. The molecule has 2 aromatic rings. The van der Waals surface area contributed by atoms with Gasteiger partial charge in [-0.15, -0.1) is 10.2 Å². The van der Waals surface area contributed by atoms with E-state index in [-0.39, 0.29) is 5.41 Å². The molecule has 1 aliphatic carbocycles. The molecule has 0 spiro atoms. The number of nitrogens with zero attached hydrogens (tertiary/aromatic N) is 4. The Kier molecular flexibility index (Phi) is 2.91. The summed E-state index contributed by atoms with van der Waals surface area (Å²) in [6, 6.07) is 6.23. The van der Waals surface area contributed by atoms with Crippen LogP contribution in [0.3, 0.4) is 0 Å². The molecule has 0 aliphatic heterocycles. The molecule has 0 saturated heterocycles. The van der Waals surface area contributed by atoms with Crippen LogP contribution in [-0.4, -0.2) is 15.2 Å². The van der Waals surface area contributed by atoms with Crippen molar-refractivity contribution in [1.82, 2.24) is 15.2 Å². The van der Waals surface area contributed by atoms with Gasteiger partial charge in [-0.05, 0) is 31.4 Å². The maximum atomic E-state index is 9.12. The first-order chi connectivity index (χ1) is 9.22. The second-order valence-electron chi connectivity index (χ2n) is 4.61. The zero-order chi connectivity index (χ0) is 13.3. The third kappa shape index (κ3) is 2.42. The molecule has 0 N–H and O–H groups in total. The largest absolute Gasteiger partial charge is 0.462 e. The maximum absolute atomic E-state index is 9.12. The average molecular weight is 272 g/mol. The summed E-state index contributed by atoms with van der Waals surface area (Å²) in [7, 11) is 0. The smallest absolute Gasteiger partial charge is 0.294 e. The van der Waals surface area contributed by atoms with Crippen LogP contribution >= 0.6 is 11.3 Å². The fourth-order valence-electron chi connectivity index (χ4n) is 1.86. The van der Waals surface area contributed by atoms with Crippen LogP contribution in [0.1, 0.15) is 29.1 Å². The first-order valence-corrected chi connectivity index (χ1v) is 6.83. The van der Waals surface area contributed by atoms with Gasteiger partial charge in [0, 0.05) is 6.20 Å². The van der Waals surface area contributed by atoms with Gasteiger partial charge in [-0.2, -0.15) is 5.26 Å². The molecule has 6 heteroatoms. The minimum atomic E-state index is -0.275. The Labute approximate surface area is 114 Å². The van der Waals surface area contributed by atoms with Crippen molar-refractivity contribution in [2.24, 2.45) is 0 Å². The van der Waals surface area contributed by atoms with Crippen LogP contribution in [0.2, 0.25) is 0 Å². The van der Waals surface area contributed by atoms with Gasteiger partial charge in [0.25, 0.3) is 5.19 Å². The van der Waals surface area contributed by atoms with Crippen molar-refractivity contribution < 1.29 is 4.74 Å². The van der Waals surface area contributed by atoms with Crippen molar-refractivity contribution in [1.29, 1.82) is 5.26 Å². The van der Waals surface area contributed by atoms with Crippen molar-refractivity contribution in [2.45, 2.75) is 31.8 Å². The molecule has 1 saturated carbocycles. The second kappa shape index (κ2) is 4.59. The fraction of sp³-hybridized carbons (Fsp3) is 0.385. The first-order valence-electron chi connectivity index (χ1n) is 6.01. The van der Waals surface area contributed by atoms with Gasteiger partial charge < -0.3 is 4.74 Å². The molecular formula is C13H12N4OS. The summed E-state index contributed by atoms with van der Waals surface area (Å²) in [6.45, 7) is 2.25. The molecule has 0 unspecified atom stereocenters. The summed E-state index contributed by atoms with van der Waals surface area (Å²) in [5.41, 5.74) is 1.55. The first kappa shape index (κ1) is 12.1. The standard InChI is InChI=1S/C13H12N4OS/c1-9-16-17-12(19-9)18-7-11-3-2-10(6-15-11)13(8-14)4-5-13/h2-3,6H,4-5,7H2,1H3. The molecule has 2 aromatic heterocycles. The van der Waals surface area contributed by atoms with Gasteiger partial charge in [0.15, 0.2) is 0 Å². The van der Waals surface area contributed by atoms with Gasteiger partial charge in [0.1, 0.15) is 11.6 Å². The lowest BCUT2D eigenvalue weighted by Crippen LogP contribution is -2.05. The van der Waals surface area contributed by atoms with Gasteiger partial charge in [-0.25, -0.2) is 0 Å². The number of pyridine rings is 1. The number of aromatic nitrogens is 3. The van der Waals surface area contributed by atoms with Crippen LogP contribution in [0.25, 0.3) is 0 Å². The van der Waals surface area contributed by atoms with Crippen LogP contribution in [0.4, 0.5) is 0 Å². The fourth-order valence-corrected chi connectivity index (χ4v) is 2.39. The molecule has 0 bridgehead atoms. The minimum Gasteiger partial charge on any atom is -0.462 e. The van der Waals surface area contributed by atoms with Crippen molar-refractivity contribution in [3.8, 4) is 11.3 Å². The molecule has 0 amide bonds. The molecule has 0 radical (unpaired) electrons. The summed E-state index contributed by atoms with van der Waals surface area (Å²) in [6.07, 6.45) is 3.65. The molecule has 0 aromatic carbocycles. The van der Waals surface area contributed by atoms with Crippen LogP contribution in [0, 0.1) is 18.3 Å². The zero-order valence-electron chi connectivity index (χ0n) is 10.5. The lowest BCUT2D eigenvalue weighted by Gasteiger charge is -2.06. The summed E-state index contributed by atoms with van der Waals surface area (Å²) in [5, 5.41) is 18.3. The van der Waals surface area contributed by atoms with E-state index in [0.717, 1.165) is 29.1 Å². The molecule has 2 heterocycles. The van der Waals surface area contributed by atoms with Gasteiger partial charge in [-0.1, -0.05) is 17.4 Å². The Morgan fingerprint density at radius 3 is 2.79 bits per heavy atom. The van der Waals surface area contributed by atoms with Crippen LogP contribution < -0.4 is 4.74 Å². The number of ether oxygens (including phenoxy) is 1. The summed E-state index contributed by atoms with van der Waals surface area (Å²) >= 11 is 1.41. The maximum Gasteiger partial charge on any atom is 0.294 e. The van der Waals surface area contributed by atoms with Gasteiger partial charge in [0.05, 0.1) is 17.2 Å². The van der Waals surface area contributed by atoms with E-state index in [9.17, 15) is 0 Å². The molecule has 1 fully saturated rings. The highest BCUT2D eigenvalue weighted by Crippen LogP contribution is 2.47. The molecule has 3 rings (SSSR count). The topological polar surface area (TPSA) is 71.7 Å². The highest BCUT2D eigenvalue weighted by molar-refractivity contribution is 7.12. The summed E-state index contributed by atoms with van der Waals surface area (Å²) < 4.78 is 5.50.